The summed E-state index contributed by atoms with van der Waals surface area (Å²) in [4.78, 5) is 22.0. The van der Waals surface area contributed by atoms with Crippen LogP contribution >= 0.6 is 0 Å². The van der Waals surface area contributed by atoms with E-state index in [9.17, 15) is 4.79 Å². The van der Waals surface area contributed by atoms with Crippen LogP contribution in [0.3, 0.4) is 0 Å². The zero-order valence-electron chi connectivity index (χ0n) is 17.8. The Labute approximate surface area is 178 Å². The summed E-state index contributed by atoms with van der Waals surface area (Å²) in [5.41, 5.74) is 2.20. The first-order valence-corrected chi connectivity index (χ1v) is 10.7. The number of rotatable bonds is 5. The molecule has 1 fully saturated rings. The number of piperidine rings is 1. The van der Waals surface area contributed by atoms with Crippen LogP contribution in [0, 0.1) is 0 Å². The Hall–Kier alpha value is -2.92. The van der Waals surface area contributed by atoms with E-state index in [0.29, 0.717) is 6.54 Å². The summed E-state index contributed by atoms with van der Waals surface area (Å²) in [7, 11) is 2.14. The number of hydrogen-bond donors (Lipinski definition) is 1. The van der Waals surface area contributed by atoms with E-state index >= 15 is 0 Å². The van der Waals surface area contributed by atoms with Crippen LogP contribution in [0.15, 0.2) is 67.0 Å². The van der Waals surface area contributed by atoms with Crippen LogP contribution in [0.25, 0.3) is 10.8 Å². The minimum Gasteiger partial charge on any atom is -0.331 e. The number of urea groups is 1. The number of amides is 2. The van der Waals surface area contributed by atoms with Crippen molar-refractivity contribution in [3.8, 4) is 0 Å². The molecule has 2 amide bonds. The average molecular weight is 403 g/mol. The fraction of sp³-hybridized carbons (Fsp3) is 0.360. The minimum atomic E-state index is -0.0775. The van der Waals surface area contributed by atoms with E-state index in [1.54, 1.807) is 6.20 Å². The normalized spacial score (nSPS) is 16.3. The van der Waals surface area contributed by atoms with E-state index in [2.05, 4.69) is 59.5 Å². The van der Waals surface area contributed by atoms with Gasteiger partial charge in [-0.15, -0.1) is 0 Å². The molecule has 1 atom stereocenters. The van der Waals surface area contributed by atoms with Gasteiger partial charge in [0.1, 0.15) is 0 Å². The highest BCUT2D eigenvalue weighted by atomic mass is 16.2. The largest absolute Gasteiger partial charge is 0.331 e. The highest BCUT2D eigenvalue weighted by molar-refractivity contribution is 5.86. The maximum atomic E-state index is 13.4. The molecule has 30 heavy (non-hydrogen) atoms. The molecule has 0 spiro atoms. The molecular weight excluding hydrogens is 372 g/mol. The number of nitrogens with one attached hydrogen (secondary N) is 1. The fourth-order valence-corrected chi connectivity index (χ4v) is 4.34. The van der Waals surface area contributed by atoms with Gasteiger partial charge in [0.2, 0.25) is 0 Å². The van der Waals surface area contributed by atoms with Crippen molar-refractivity contribution in [3.05, 3.63) is 78.1 Å². The van der Waals surface area contributed by atoms with Crippen molar-refractivity contribution >= 4 is 16.8 Å². The summed E-state index contributed by atoms with van der Waals surface area (Å²) in [6.07, 6.45) is 5.61. The first kappa shape index (κ1) is 20.4. The van der Waals surface area contributed by atoms with Gasteiger partial charge in [-0.1, -0.05) is 48.5 Å². The smallest absolute Gasteiger partial charge is 0.318 e. The topological polar surface area (TPSA) is 48.5 Å². The molecule has 1 N–H and O–H groups in total. The summed E-state index contributed by atoms with van der Waals surface area (Å²) in [5, 5.41) is 5.65. The van der Waals surface area contributed by atoms with Gasteiger partial charge >= 0.3 is 6.03 Å². The second-order valence-corrected chi connectivity index (χ2v) is 8.26. The second-order valence-electron chi connectivity index (χ2n) is 8.26. The number of likely N-dealkylation sites (tertiary alicyclic amines) is 1. The van der Waals surface area contributed by atoms with Crippen LogP contribution < -0.4 is 5.32 Å². The van der Waals surface area contributed by atoms with E-state index in [-0.39, 0.29) is 18.1 Å². The van der Waals surface area contributed by atoms with Crippen molar-refractivity contribution in [2.45, 2.75) is 38.4 Å². The predicted molar refractivity (Wildman–Crippen MR) is 121 cm³/mol. The lowest BCUT2D eigenvalue weighted by Gasteiger charge is -2.38. The first-order chi connectivity index (χ1) is 14.6. The summed E-state index contributed by atoms with van der Waals surface area (Å²) in [6.45, 7) is 4.67. The SMILES string of the molecule is CC(NC(=O)N(Cc1cccnc1)C1CCN(C)CC1)c1cccc2ccccc12. The number of aromatic nitrogens is 1. The van der Waals surface area contributed by atoms with Gasteiger partial charge in [-0.2, -0.15) is 0 Å². The van der Waals surface area contributed by atoms with Crippen molar-refractivity contribution in [2.24, 2.45) is 0 Å². The maximum absolute atomic E-state index is 13.4. The van der Waals surface area contributed by atoms with Gasteiger partial charge in [-0.05, 0) is 67.9 Å². The summed E-state index contributed by atoms with van der Waals surface area (Å²) < 4.78 is 0. The summed E-state index contributed by atoms with van der Waals surface area (Å²) >= 11 is 0. The minimum absolute atomic E-state index is 0.00570. The van der Waals surface area contributed by atoms with Crippen LogP contribution in [-0.4, -0.2) is 47.0 Å². The van der Waals surface area contributed by atoms with Gasteiger partial charge < -0.3 is 15.1 Å². The number of carbonyl (C=O) groups is 1. The highest BCUT2D eigenvalue weighted by Crippen LogP contribution is 2.25. The van der Waals surface area contributed by atoms with Gasteiger partial charge in [0.05, 0.1) is 6.04 Å². The highest BCUT2D eigenvalue weighted by Gasteiger charge is 2.28. The molecule has 0 aliphatic carbocycles. The molecule has 2 aromatic carbocycles. The van der Waals surface area contributed by atoms with Crippen LogP contribution in [0.5, 0.6) is 0 Å². The third kappa shape index (κ3) is 4.62. The summed E-state index contributed by atoms with van der Waals surface area (Å²) in [5.74, 6) is 0. The molecular formula is C25H30N4O. The zero-order valence-corrected chi connectivity index (χ0v) is 17.8. The molecule has 1 unspecified atom stereocenters. The Morgan fingerprint density at radius 3 is 2.67 bits per heavy atom. The third-order valence-corrected chi connectivity index (χ3v) is 6.10. The molecule has 1 saturated heterocycles. The average Bonchev–Trinajstić information content (AvgIpc) is 2.78. The monoisotopic (exact) mass is 402 g/mol. The van der Waals surface area contributed by atoms with Crippen molar-refractivity contribution in [2.75, 3.05) is 20.1 Å². The number of fused-ring (bicyclic) bond motifs is 1. The van der Waals surface area contributed by atoms with Crippen LogP contribution in [-0.2, 0) is 6.54 Å². The Bertz CT molecular complexity index is 977. The standard InChI is InChI=1S/C25H30N4O/c1-19(23-11-5-9-21-8-3-4-10-24(21)23)27-25(30)29(18-20-7-6-14-26-17-20)22-12-15-28(2)16-13-22/h3-11,14,17,19,22H,12-13,15-16,18H2,1-2H3,(H,27,30). The van der Waals surface area contributed by atoms with E-state index < -0.39 is 0 Å². The molecule has 0 saturated carbocycles. The molecule has 5 nitrogen and oxygen atoms in total. The number of nitrogens with zero attached hydrogens (tertiary/aromatic N) is 3. The van der Waals surface area contributed by atoms with E-state index in [0.717, 1.165) is 37.1 Å². The van der Waals surface area contributed by atoms with E-state index in [4.69, 9.17) is 0 Å². The van der Waals surface area contributed by atoms with E-state index in [1.807, 2.05) is 35.4 Å². The van der Waals surface area contributed by atoms with Gasteiger partial charge in [0.25, 0.3) is 0 Å². The lowest BCUT2D eigenvalue weighted by molar-refractivity contribution is 0.125. The lowest BCUT2D eigenvalue weighted by atomic mass is 9.99. The zero-order chi connectivity index (χ0) is 20.9. The quantitative estimate of drug-likeness (QED) is 0.678. The van der Waals surface area contributed by atoms with Gasteiger partial charge in [-0.25, -0.2) is 4.79 Å². The van der Waals surface area contributed by atoms with E-state index in [1.165, 1.54) is 10.8 Å². The maximum Gasteiger partial charge on any atom is 0.318 e. The molecule has 1 aliphatic rings. The molecule has 1 aliphatic heterocycles. The molecule has 0 radical (unpaired) electrons. The Balaban J connectivity index is 1.54. The first-order valence-electron chi connectivity index (χ1n) is 10.7. The molecule has 5 heteroatoms. The summed E-state index contributed by atoms with van der Waals surface area (Å²) in [6, 6.07) is 18.7. The third-order valence-electron chi connectivity index (χ3n) is 6.10. The molecule has 4 rings (SSSR count). The molecule has 0 bridgehead atoms. The molecule has 156 valence electrons. The molecule has 2 heterocycles. The number of pyridine rings is 1. The predicted octanol–water partition coefficient (Wildman–Crippen LogP) is 4.60. The van der Waals surface area contributed by atoms with Crippen LogP contribution in [0.1, 0.15) is 36.9 Å². The number of hydrogen-bond acceptors (Lipinski definition) is 3. The van der Waals surface area contributed by atoms with Crippen molar-refractivity contribution in [1.29, 1.82) is 0 Å². The van der Waals surface area contributed by atoms with Crippen LogP contribution in [0.2, 0.25) is 0 Å². The molecule has 3 aromatic rings. The molecule has 1 aromatic heterocycles. The van der Waals surface area contributed by atoms with Gasteiger partial charge in [-0.3, -0.25) is 4.98 Å². The van der Waals surface area contributed by atoms with Crippen molar-refractivity contribution in [1.82, 2.24) is 20.1 Å². The van der Waals surface area contributed by atoms with Crippen LogP contribution in [0.4, 0.5) is 4.79 Å². The Morgan fingerprint density at radius 2 is 1.90 bits per heavy atom. The lowest BCUT2D eigenvalue weighted by Crippen LogP contribution is -2.50. The van der Waals surface area contributed by atoms with Crippen molar-refractivity contribution in [3.63, 3.8) is 0 Å². The number of benzene rings is 2. The van der Waals surface area contributed by atoms with Gasteiger partial charge in [0, 0.05) is 25.0 Å². The number of carbonyl (C=O) groups excluding carboxylic acids is 1. The Kier molecular flexibility index (Phi) is 6.29. The fourth-order valence-electron chi connectivity index (χ4n) is 4.34. The van der Waals surface area contributed by atoms with Gasteiger partial charge in [0.15, 0.2) is 0 Å². The van der Waals surface area contributed by atoms with Crippen molar-refractivity contribution < 1.29 is 4.79 Å². The Morgan fingerprint density at radius 1 is 1.13 bits per heavy atom. The second kappa shape index (κ2) is 9.26.